The number of rotatable bonds is 6. The van der Waals surface area contributed by atoms with Crippen molar-refractivity contribution in [3.63, 3.8) is 0 Å². The van der Waals surface area contributed by atoms with Crippen molar-refractivity contribution >= 4 is 11.8 Å². The van der Waals surface area contributed by atoms with Gasteiger partial charge >= 0.3 is 0 Å². The number of nitrogens with zero attached hydrogens (tertiary/aromatic N) is 4. The van der Waals surface area contributed by atoms with Crippen LogP contribution in [-0.4, -0.2) is 54.7 Å². The van der Waals surface area contributed by atoms with Crippen LogP contribution in [0.2, 0.25) is 0 Å². The number of nitrogens with one attached hydrogen (secondary N) is 1. The Hall–Kier alpha value is -2.34. The van der Waals surface area contributed by atoms with Crippen molar-refractivity contribution in [1.82, 2.24) is 14.9 Å². The van der Waals surface area contributed by atoms with E-state index in [0.717, 1.165) is 49.9 Å². The van der Waals surface area contributed by atoms with Crippen molar-refractivity contribution in [3.05, 3.63) is 42.1 Å². The van der Waals surface area contributed by atoms with Gasteiger partial charge in [0.15, 0.2) is 0 Å². The van der Waals surface area contributed by atoms with Crippen molar-refractivity contribution in [2.75, 3.05) is 50.1 Å². The van der Waals surface area contributed by atoms with Gasteiger partial charge in [0.25, 0.3) is 0 Å². The first-order valence-corrected chi connectivity index (χ1v) is 8.46. The van der Waals surface area contributed by atoms with Crippen LogP contribution in [-0.2, 0) is 6.54 Å². The third-order valence-corrected chi connectivity index (χ3v) is 4.41. The van der Waals surface area contributed by atoms with Gasteiger partial charge in [-0.2, -0.15) is 4.98 Å². The summed E-state index contributed by atoms with van der Waals surface area (Å²) in [6.07, 6.45) is 1.82. The average molecular weight is 327 g/mol. The predicted octanol–water partition coefficient (Wildman–Crippen LogP) is 2.24. The molecule has 3 rings (SSSR count). The molecular weight excluding hydrogens is 302 g/mol. The number of likely N-dealkylation sites (N-methyl/N-ethyl adjacent to an activating group) is 1. The standard InChI is InChI=1S/C18H25N5O/c1-3-22-10-12-23(13-11-22)17-8-9-19-18(21-17)20-14-15-6-4-5-7-16(15)24-2/h4-9H,3,10-14H2,1-2H3,(H,19,20,21). The molecule has 1 aliphatic rings. The molecule has 128 valence electrons. The lowest BCUT2D eigenvalue weighted by molar-refractivity contribution is 0.270. The molecule has 0 bridgehead atoms. The number of hydrogen-bond acceptors (Lipinski definition) is 6. The zero-order chi connectivity index (χ0) is 16.8. The normalized spacial score (nSPS) is 15.3. The smallest absolute Gasteiger partial charge is 0.224 e. The van der Waals surface area contributed by atoms with E-state index in [1.54, 1.807) is 7.11 Å². The number of piperazine rings is 1. The molecule has 0 amide bonds. The lowest BCUT2D eigenvalue weighted by Crippen LogP contribution is -2.46. The molecule has 1 fully saturated rings. The monoisotopic (exact) mass is 327 g/mol. The minimum absolute atomic E-state index is 0.636. The van der Waals surface area contributed by atoms with Gasteiger partial charge in [0, 0.05) is 44.5 Å². The van der Waals surface area contributed by atoms with Crippen LogP contribution in [0.15, 0.2) is 36.5 Å². The number of para-hydroxylation sites is 1. The van der Waals surface area contributed by atoms with E-state index in [2.05, 4.69) is 32.0 Å². The van der Waals surface area contributed by atoms with Crippen molar-refractivity contribution in [3.8, 4) is 5.75 Å². The Kier molecular flexibility index (Phi) is 5.48. The number of ether oxygens (including phenoxy) is 1. The molecule has 0 aliphatic carbocycles. The van der Waals surface area contributed by atoms with Crippen LogP contribution in [0.4, 0.5) is 11.8 Å². The quantitative estimate of drug-likeness (QED) is 0.878. The molecular formula is C18H25N5O. The van der Waals surface area contributed by atoms with Gasteiger partial charge in [0.05, 0.1) is 7.11 Å². The highest BCUT2D eigenvalue weighted by Gasteiger charge is 2.17. The molecule has 1 N–H and O–H groups in total. The van der Waals surface area contributed by atoms with Crippen LogP contribution in [0.25, 0.3) is 0 Å². The van der Waals surface area contributed by atoms with E-state index < -0.39 is 0 Å². The summed E-state index contributed by atoms with van der Waals surface area (Å²) in [5, 5.41) is 3.30. The molecule has 2 aromatic rings. The van der Waals surface area contributed by atoms with Crippen LogP contribution in [0, 0.1) is 0 Å². The summed E-state index contributed by atoms with van der Waals surface area (Å²) in [4.78, 5) is 13.8. The molecule has 2 heterocycles. The summed E-state index contributed by atoms with van der Waals surface area (Å²) in [5.74, 6) is 2.51. The van der Waals surface area contributed by atoms with Crippen LogP contribution < -0.4 is 15.0 Å². The van der Waals surface area contributed by atoms with Crippen molar-refractivity contribution in [1.29, 1.82) is 0 Å². The fraction of sp³-hybridized carbons (Fsp3) is 0.444. The average Bonchev–Trinajstić information content (AvgIpc) is 2.67. The first kappa shape index (κ1) is 16.5. The molecule has 0 unspecified atom stereocenters. The molecule has 6 nitrogen and oxygen atoms in total. The maximum Gasteiger partial charge on any atom is 0.224 e. The van der Waals surface area contributed by atoms with Crippen molar-refractivity contribution < 1.29 is 4.74 Å². The summed E-state index contributed by atoms with van der Waals surface area (Å²) in [7, 11) is 1.69. The first-order chi connectivity index (χ1) is 11.8. The lowest BCUT2D eigenvalue weighted by atomic mass is 10.2. The summed E-state index contributed by atoms with van der Waals surface area (Å²) in [5.41, 5.74) is 1.09. The van der Waals surface area contributed by atoms with Gasteiger partial charge in [-0.25, -0.2) is 4.98 Å². The van der Waals surface area contributed by atoms with E-state index >= 15 is 0 Å². The summed E-state index contributed by atoms with van der Waals surface area (Å²) >= 11 is 0. The lowest BCUT2D eigenvalue weighted by Gasteiger charge is -2.34. The number of aromatic nitrogens is 2. The first-order valence-electron chi connectivity index (χ1n) is 8.46. The molecule has 1 saturated heterocycles. The number of anilines is 2. The van der Waals surface area contributed by atoms with Gasteiger partial charge in [-0.15, -0.1) is 0 Å². The Balaban J connectivity index is 1.63. The number of benzene rings is 1. The fourth-order valence-corrected chi connectivity index (χ4v) is 2.93. The molecule has 24 heavy (non-hydrogen) atoms. The highest BCUT2D eigenvalue weighted by molar-refractivity contribution is 5.44. The van der Waals surface area contributed by atoms with Gasteiger partial charge in [0.1, 0.15) is 11.6 Å². The van der Waals surface area contributed by atoms with Gasteiger partial charge < -0.3 is 19.9 Å². The topological polar surface area (TPSA) is 53.5 Å². The third-order valence-electron chi connectivity index (χ3n) is 4.41. The SMILES string of the molecule is CCN1CCN(c2ccnc(NCc3ccccc3OC)n2)CC1. The summed E-state index contributed by atoms with van der Waals surface area (Å²) in [6.45, 7) is 8.16. The van der Waals surface area contributed by atoms with Gasteiger partial charge in [-0.05, 0) is 18.7 Å². The Bertz CT molecular complexity index is 655. The van der Waals surface area contributed by atoms with E-state index in [9.17, 15) is 0 Å². The maximum absolute atomic E-state index is 5.38. The van der Waals surface area contributed by atoms with E-state index in [1.165, 1.54) is 0 Å². The molecule has 1 aliphatic heterocycles. The van der Waals surface area contributed by atoms with Crippen molar-refractivity contribution in [2.24, 2.45) is 0 Å². The zero-order valence-corrected chi connectivity index (χ0v) is 14.4. The van der Waals surface area contributed by atoms with E-state index in [-0.39, 0.29) is 0 Å². The largest absolute Gasteiger partial charge is 0.496 e. The minimum Gasteiger partial charge on any atom is -0.496 e. The van der Waals surface area contributed by atoms with Crippen LogP contribution in [0.1, 0.15) is 12.5 Å². The van der Waals surface area contributed by atoms with E-state index in [4.69, 9.17) is 4.74 Å². The number of methoxy groups -OCH3 is 1. The maximum atomic E-state index is 5.38. The Morgan fingerprint density at radius 3 is 2.67 bits per heavy atom. The second kappa shape index (κ2) is 7.97. The molecule has 6 heteroatoms. The van der Waals surface area contributed by atoms with Crippen LogP contribution >= 0.6 is 0 Å². The second-order valence-electron chi connectivity index (χ2n) is 5.83. The molecule has 0 radical (unpaired) electrons. The molecule has 0 atom stereocenters. The minimum atomic E-state index is 0.636. The van der Waals surface area contributed by atoms with Gasteiger partial charge in [-0.3, -0.25) is 0 Å². The molecule has 0 saturated carbocycles. The summed E-state index contributed by atoms with van der Waals surface area (Å²) < 4.78 is 5.38. The Labute approximate surface area is 143 Å². The Morgan fingerprint density at radius 2 is 1.92 bits per heavy atom. The molecule has 0 spiro atoms. The van der Waals surface area contributed by atoms with Crippen LogP contribution in [0.3, 0.4) is 0 Å². The van der Waals surface area contributed by atoms with E-state index in [1.807, 2.05) is 36.5 Å². The van der Waals surface area contributed by atoms with E-state index in [0.29, 0.717) is 12.5 Å². The second-order valence-corrected chi connectivity index (χ2v) is 5.83. The predicted molar refractivity (Wildman–Crippen MR) is 96.7 cm³/mol. The summed E-state index contributed by atoms with van der Waals surface area (Å²) in [6, 6.07) is 9.95. The highest BCUT2D eigenvalue weighted by atomic mass is 16.5. The van der Waals surface area contributed by atoms with Gasteiger partial charge in [0.2, 0.25) is 5.95 Å². The van der Waals surface area contributed by atoms with Crippen LogP contribution in [0.5, 0.6) is 5.75 Å². The number of hydrogen-bond donors (Lipinski definition) is 1. The third kappa shape index (κ3) is 3.94. The Morgan fingerprint density at radius 1 is 1.12 bits per heavy atom. The zero-order valence-electron chi connectivity index (χ0n) is 14.4. The fourth-order valence-electron chi connectivity index (χ4n) is 2.93. The molecule has 1 aromatic heterocycles. The highest BCUT2D eigenvalue weighted by Crippen LogP contribution is 2.19. The van der Waals surface area contributed by atoms with Crippen molar-refractivity contribution in [2.45, 2.75) is 13.5 Å². The molecule has 1 aromatic carbocycles. The van der Waals surface area contributed by atoms with Gasteiger partial charge in [-0.1, -0.05) is 25.1 Å².